The molecule has 1 heterocycles. The molecule has 0 bridgehead atoms. The van der Waals surface area contributed by atoms with Gasteiger partial charge in [0.25, 0.3) is 0 Å². The number of benzene rings is 3. The Morgan fingerprint density at radius 3 is 1.56 bits per heavy atom. The predicted octanol–water partition coefficient (Wildman–Crippen LogP) is 3.37. The van der Waals surface area contributed by atoms with E-state index in [4.69, 9.17) is 0 Å². The van der Waals surface area contributed by atoms with Crippen LogP contribution in [-0.2, 0) is 0 Å². The van der Waals surface area contributed by atoms with Crippen LogP contribution in [-0.4, -0.2) is 10.2 Å². The fourth-order valence-corrected chi connectivity index (χ4v) is 2.39. The van der Waals surface area contributed by atoms with Gasteiger partial charge < -0.3 is 0 Å². The molecule has 2 nitrogen and oxygen atoms in total. The van der Waals surface area contributed by atoms with Crippen LogP contribution >= 0.6 is 0 Å². The maximum Gasteiger partial charge on any atom is 0.0942 e. The summed E-state index contributed by atoms with van der Waals surface area (Å²) < 4.78 is 0. The lowest BCUT2D eigenvalue weighted by molar-refractivity contribution is 1.12. The summed E-state index contributed by atoms with van der Waals surface area (Å²) in [6, 6.07) is 16.6. The minimum atomic E-state index is 0.974. The van der Waals surface area contributed by atoms with Gasteiger partial charge in [0, 0.05) is 10.8 Å². The molecule has 0 aliphatic carbocycles. The van der Waals surface area contributed by atoms with Gasteiger partial charge >= 0.3 is 0 Å². The zero-order valence-corrected chi connectivity index (χ0v) is 8.51. The zero-order chi connectivity index (χ0) is 10.5. The molecule has 0 amide bonds. The van der Waals surface area contributed by atoms with Crippen molar-refractivity contribution < 1.29 is 0 Å². The van der Waals surface area contributed by atoms with E-state index in [1.807, 2.05) is 24.3 Å². The monoisotopic (exact) mass is 204 g/mol. The largest absolute Gasteiger partial charge is 0.150 e. The Hall–Kier alpha value is -2.22. The van der Waals surface area contributed by atoms with Crippen LogP contribution in [0.4, 0.5) is 0 Å². The highest BCUT2D eigenvalue weighted by atomic mass is 15.1. The van der Waals surface area contributed by atoms with E-state index in [9.17, 15) is 0 Å². The van der Waals surface area contributed by atoms with E-state index >= 15 is 0 Å². The number of aromatic nitrogens is 2. The highest BCUT2D eigenvalue weighted by Gasteiger charge is 2.08. The fraction of sp³-hybridized carbons (Fsp3) is 0. The van der Waals surface area contributed by atoms with Crippen LogP contribution in [0.5, 0.6) is 0 Å². The topological polar surface area (TPSA) is 25.8 Å². The van der Waals surface area contributed by atoms with Crippen LogP contribution in [0.3, 0.4) is 0 Å². The molecule has 2 heteroatoms. The average molecular weight is 204 g/mol. The van der Waals surface area contributed by atoms with E-state index < -0.39 is 0 Å². The van der Waals surface area contributed by atoms with Crippen molar-refractivity contribution in [1.29, 1.82) is 0 Å². The Balaban J connectivity index is 2.51. The zero-order valence-electron chi connectivity index (χ0n) is 8.51. The van der Waals surface area contributed by atoms with Crippen LogP contribution in [0.1, 0.15) is 0 Å². The van der Waals surface area contributed by atoms with Gasteiger partial charge in [-0.15, -0.1) is 10.2 Å². The summed E-state index contributed by atoms with van der Waals surface area (Å²) in [4.78, 5) is 0. The first-order valence-corrected chi connectivity index (χ1v) is 5.30. The lowest BCUT2D eigenvalue weighted by atomic mass is 10.00. The van der Waals surface area contributed by atoms with Crippen molar-refractivity contribution in [2.45, 2.75) is 0 Å². The molecule has 0 aliphatic rings. The molecular weight excluding hydrogens is 196 g/mol. The SMILES string of the molecule is c1cc2ccc3cccc4nnc(c1)c2c34. The van der Waals surface area contributed by atoms with Gasteiger partial charge in [0.15, 0.2) is 0 Å². The van der Waals surface area contributed by atoms with Crippen molar-refractivity contribution in [3.05, 3.63) is 48.5 Å². The fourth-order valence-electron chi connectivity index (χ4n) is 2.39. The maximum atomic E-state index is 4.26. The Bertz CT molecular complexity index is 675. The van der Waals surface area contributed by atoms with Gasteiger partial charge in [-0.25, -0.2) is 0 Å². The molecule has 0 atom stereocenters. The van der Waals surface area contributed by atoms with E-state index in [0.717, 1.165) is 11.0 Å². The first kappa shape index (κ1) is 7.99. The average Bonchev–Trinajstić information content (AvgIpc) is 2.36. The molecule has 4 aromatic rings. The maximum absolute atomic E-state index is 4.26. The molecule has 0 saturated carbocycles. The summed E-state index contributed by atoms with van der Waals surface area (Å²) in [7, 11) is 0. The number of rotatable bonds is 0. The Kier molecular flexibility index (Phi) is 1.33. The van der Waals surface area contributed by atoms with Crippen molar-refractivity contribution in [2.75, 3.05) is 0 Å². The molecule has 0 spiro atoms. The minimum absolute atomic E-state index is 0.974. The molecule has 0 saturated heterocycles. The summed E-state index contributed by atoms with van der Waals surface area (Å²) in [6.45, 7) is 0. The van der Waals surface area contributed by atoms with Crippen LogP contribution in [0.2, 0.25) is 0 Å². The molecule has 74 valence electrons. The Morgan fingerprint density at radius 1 is 0.562 bits per heavy atom. The van der Waals surface area contributed by atoms with Crippen LogP contribution < -0.4 is 0 Å². The Labute approximate surface area is 91.9 Å². The lowest BCUT2D eigenvalue weighted by Crippen LogP contribution is -1.89. The molecule has 0 fully saturated rings. The Morgan fingerprint density at radius 2 is 1.06 bits per heavy atom. The molecule has 1 aromatic heterocycles. The predicted molar refractivity (Wildman–Crippen MR) is 65.7 cm³/mol. The van der Waals surface area contributed by atoms with E-state index in [1.165, 1.54) is 21.5 Å². The second kappa shape index (κ2) is 2.67. The normalized spacial score (nSPS) is 11.8. The third-order valence-electron chi connectivity index (χ3n) is 3.11. The van der Waals surface area contributed by atoms with E-state index in [1.54, 1.807) is 0 Å². The van der Waals surface area contributed by atoms with E-state index in [-0.39, 0.29) is 0 Å². The number of hydrogen-bond donors (Lipinski definition) is 0. The molecule has 4 rings (SSSR count). The van der Waals surface area contributed by atoms with Crippen molar-refractivity contribution in [1.82, 2.24) is 10.2 Å². The quantitative estimate of drug-likeness (QED) is 0.410. The van der Waals surface area contributed by atoms with Crippen LogP contribution in [0, 0.1) is 0 Å². The third kappa shape index (κ3) is 0.865. The van der Waals surface area contributed by atoms with Gasteiger partial charge in [0.05, 0.1) is 11.0 Å². The van der Waals surface area contributed by atoms with Crippen molar-refractivity contribution in [3.8, 4) is 0 Å². The van der Waals surface area contributed by atoms with E-state index in [2.05, 4.69) is 34.5 Å². The van der Waals surface area contributed by atoms with Gasteiger partial charge in [0.1, 0.15) is 0 Å². The van der Waals surface area contributed by atoms with Gasteiger partial charge in [0.2, 0.25) is 0 Å². The summed E-state index contributed by atoms with van der Waals surface area (Å²) in [5.41, 5.74) is 1.95. The van der Waals surface area contributed by atoms with E-state index in [0.29, 0.717) is 0 Å². The van der Waals surface area contributed by atoms with Crippen molar-refractivity contribution in [2.24, 2.45) is 0 Å². The minimum Gasteiger partial charge on any atom is -0.150 e. The molecule has 3 aromatic carbocycles. The number of hydrogen-bond acceptors (Lipinski definition) is 2. The highest BCUT2D eigenvalue weighted by molar-refractivity contribution is 6.20. The molecule has 0 aliphatic heterocycles. The summed E-state index contributed by atoms with van der Waals surface area (Å²) in [5.74, 6) is 0. The lowest BCUT2D eigenvalue weighted by Gasteiger charge is -2.07. The highest BCUT2D eigenvalue weighted by Crippen LogP contribution is 2.31. The second-order valence-corrected chi connectivity index (χ2v) is 4.02. The molecular formula is C14H8N2. The second-order valence-electron chi connectivity index (χ2n) is 4.02. The first-order chi connectivity index (χ1) is 7.93. The van der Waals surface area contributed by atoms with Crippen LogP contribution in [0.25, 0.3) is 32.6 Å². The summed E-state index contributed by atoms with van der Waals surface area (Å²) in [6.07, 6.45) is 0. The van der Waals surface area contributed by atoms with Crippen LogP contribution in [0.15, 0.2) is 48.5 Å². The van der Waals surface area contributed by atoms with Crippen molar-refractivity contribution in [3.63, 3.8) is 0 Å². The van der Waals surface area contributed by atoms with Gasteiger partial charge in [-0.1, -0.05) is 36.4 Å². The smallest absolute Gasteiger partial charge is 0.0942 e. The third-order valence-corrected chi connectivity index (χ3v) is 3.11. The van der Waals surface area contributed by atoms with Crippen molar-refractivity contribution >= 4 is 32.6 Å². The summed E-state index contributed by atoms with van der Waals surface area (Å²) in [5, 5.41) is 13.4. The molecule has 16 heavy (non-hydrogen) atoms. The molecule has 0 radical (unpaired) electrons. The molecule has 0 N–H and O–H groups in total. The first-order valence-electron chi connectivity index (χ1n) is 5.30. The summed E-state index contributed by atoms with van der Waals surface area (Å²) >= 11 is 0. The van der Waals surface area contributed by atoms with Gasteiger partial charge in [-0.2, -0.15) is 0 Å². The standard InChI is InChI=1S/C14H8N2/c1-3-9-7-8-10-4-2-6-12-14(10)13(9)11(5-1)15-16-12/h1-8H. The van der Waals surface area contributed by atoms with Gasteiger partial charge in [-0.05, 0) is 22.9 Å². The number of nitrogens with zero attached hydrogens (tertiary/aromatic N) is 2. The van der Waals surface area contributed by atoms with Gasteiger partial charge in [-0.3, -0.25) is 0 Å². The molecule has 0 unspecified atom stereocenters.